The van der Waals surface area contributed by atoms with Gasteiger partial charge in [-0.05, 0) is 55.3 Å². The molecule has 2 aromatic carbocycles. The zero-order valence-electron chi connectivity index (χ0n) is 19.9. The van der Waals surface area contributed by atoms with Gasteiger partial charge in [0.1, 0.15) is 34.5 Å². The Morgan fingerprint density at radius 3 is 2.35 bits per heavy atom. The second-order valence-electron chi connectivity index (χ2n) is 8.66. The summed E-state index contributed by atoms with van der Waals surface area (Å²) >= 11 is 0. The van der Waals surface area contributed by atoms with Crippen molar-refractivity contribution in [1.82, 2.24) is 18.9 Å². The van der Waals surface area contributed by atoms with E-state index >= 15 is 0 Å². The third-order valence-corrected chi connectivity index (χ3v) is 6.45. The van der Waals surface area contributed by atoms with Gasteiger partial charge in [-0.15, -0.1) is 0 Å². The highest BCUT2D eigenvalue weighted by Crippen LogP contribution is 2.41. The minimum atomic E-state index is -4.69. The van der Waals surface area contributed by atoms with Gasteiger partial charge in [0.25, 0.3) is 0 Å². The van der Waals surface area contributed by atoms with Gasteiger partial charge in [0, 0.05) is 24.4 Å². The van der Waals surface area contributed by atoms with Crippen LogP contribution in [-0.4, -0.2) is 24.7 Å². The third-order valence-electron chi connectivity index (χ3n) is 6.45. The average molecular weight is 513 g/mol. The van der Waals surface area contributed by atoms with Gasteiger partial charge in [0.05, 0.1) is 22.3 Å². The van der Waals surface area contributed by atoms with E-state index in [4.69, 9.17) is 5.73 Å². The Balaban J connectivity index is 1.79. The second-order valence-corrected chi connectivity index (χ2v) is 8.66. The predicted molar refractivity (Wildman–Crippen MR) is 128 cm³/mol. The van der Waals surface area contributed by atoms with E-state index in [1.54, 1.807) is 25.5 Å². The Morgan fingerprint density at radius 1 is 1.05 bits per heavy atom. The van der Waals surface area contributed by atoms with Crippen molar-refractivity contribution in [2.24, 2.45) is 7.05 Å². The lowest BCUT2D eigenvalue weighted by Gasteiger charge is -2.14. The number of pyridine rings is 1. The molecule has 0 aliphatic carbocycles. The fourth-order valence-electron chi connectivity index (χ4n) is 4.48. The number of anilines is 1. The van der Waals surface area contributed by atoms with Crippen LogP contribution in [0.3, 0.4) is 0 Å². The molecule has 0 aliphatic heterocycles. The van der Waals surface area contributed by atoms with E-state index in [9.17, 15) is 26.7 Å². The molecule has 3 aromatic heterocycles. The normalized spacial score (nSPS) is 12.1. The maximum Gasteiger partial charge on any atom is 0.417 e. The first kappa shape index (κ1) is 24.4. The van der Waals surface area contributed by atoms with Crippen LogP contribution < -0.4 is 5.73 Å². The predicted octanol–water partition coefficient (Wildman–Crippen LogP) is 5.87. The summed E-state index contributed by atoms with van der Waals surface area (Å²) in [4.78, 5) is 22.2. The number of hydrogen-bond donors (Lipinski definition) is 1. The van der Waals surface area contributed by atoms with Crippen LogP contribution in [0.4, 0.5) is 27.6 Å². The maximum atomic E-state index is 14.2. The third kappa shape index (κ3) is 3.81. The number of nitrogens with zero attached hydrogens (tertiary/aromatic N) is 4. The lowest BCUT2D eigenvalue weighted by atomic mass is 9.99. The van der Waals surface area contributed by atoms with Crippen molar-refractivity contribution in [3.05, 3.63) is 82.6 Å². The molecule has 190 valence electrons. The largest absolute Gasteiger partial charge is 0.417 e. The lowest BCUT2D eigenvalue weighted by Crippen LogP contribution is -2.10. The molecule has 5 rings (SSSR count). The first-order valence-electron chi connectivity index (χ1n) is 11.3. The van der Waals surface area contributed by atoms with Crippen molar-refractivity contribution in [3.8, 4) is 11.1 Å². The van der Waals surface area contributed by atoms with Crippen LogP contribution in [0, 0.1) is 18.6 Å². The number of nitrogens with two attached hydrogens (primary N) is 1. The standard InChI is InChI=1S/C26H20F5N5O/c1-4-19-23(24(37)13-8-17(27)22(32)18(28)9-13)36-7-5-6-14(25(36)34-19)15-10-20-21(35(3)12(2)33-20)11-16(15)26(29,30)31/h5-11H,4,32H2,1-3H3. The lowest BCUT2D eigenvalue weighted by molar-refractivity contribution is -0.137. The van der Waals surface area contributed by atoms with Crippen LogP contribution in [-0.2, 0) is 19.6 Å². The summed E-state index contributed by atoms with van der Waals surface area (Å²) in [6.45, 7) is 3.41. The molecule has 5 aromatic rings. The van der Waals surface area contributed by atoms with E-state index in [1.165, 1.54) is 28.8 Å². The molecule has 0 radical (unpaired) electrons. The molecule has 0 saturated heterocycles. The number of halogens is 5. The van der Waals surface area contributed by atoms with E-state index in [2.05, 4.69) is 9.97 Å². The number of carbonyl (C=O) groups excluding carboxylic acids is 1. The fraction of sp³-hybridized carbons (Fsp3) is 0.192. The van der Waals surface area contributed by atoms with Gasteiger partial charge >= 0.3 is 6.18 Å². The van der Waals surface area contributed by atoms with Crippen molar-refractivity contribution in [1.29, 1.82) is 0 Å². The number of ketones is 1. The van der Waals surface area contributed by atoms with Crippen molar-refractivity contribution in [2.45, 2.75) is 26.4 Å². The molecule has 0 atom stereocenters. The molecule has 0 unspecified atom stereocenters. The van der Waals surface area contributed by atoms with E-state index in [1.807, 2.05) is 0 Å². The maximum absolute atomic E-state index is 14.2. The Morgan fingerprint density at radius 2 is 1.73 bits per heavy atom. The molecule has 6 nitrogen and oxygen atoms in total. The molecular formula is C26H20F5N5O. The van der Waals surface area contributed by atoms with Gasteiger partial charge in [-0.1, -0.05) is 6.92 Å². The first-order valence-corrected chi connectivity index (χ1v) is 11.3. The van der Waals surface area contributed by atoms with Gasteiger partial charge in [-0.25, -0.2) is 18.7 Å². The summed E-state index contributed by atoms with van der Waals surface area (Å²) in [5.41, 5.74) is 4.44. The molecule has 0 bridgehead atoms. The number of fused-ring (bicyclic) bond motifs is 2. The van der Waals surface area contributed by atoms with Crippen LogP contribution in [0.2, 0.25) is 0 Å². The van der Waals surface area contributed by atoms with Gasteiger partial charge in [0.15, 0.2) is 0 Å². The highest BCUT2D eigenvalue weighted by Gasteiger charge is 2.36. The molecule has 0 fully saturated rings. The van der Waals surface area contributed by atoms with Gasteiger partial charge in [-0.3, -0.25) is 9.20 Å². The minimum Gasteiger partial charge on any atom is -0.394 e. The summed E-state index contributed by atoms with van der Waals surface area (Å²) in [6, 6.07) is 7.01. The molecule has 11 heteroatoms. The molecule has 0 spiro atoms. The molecular weight excluding hydrogens is 493 g/mol. The van der Waals surface area contributed by atoms with Crippen molar-refractivity contribution in [3.63, 3.8) is 0 Å². The number of nitrogen functional groups attached to an aromatic ring is 1. The van der Waals surface area contributed by atoms with E-state index < -0.39 is 34.8 Å². The van der Waals surface area contributed by atoms with Crippen molar-refractivity contribution >= 4 is 28.2 Å². The average Bonchev–Trinajstić information content (AvgIpc) is 3.36. The first-order chi connectivity index (χ1) is 17.4. The number of carbonyl (C=O) groups is 1. The van der Waals surface area contributed by atoms with Crippen LogP contribution in [0.5, 0.6) is 0 Å². The molecule has 0 amide bonds. The zero-order chi connectivity index (χ0) is 26.8. The summed E-state index contributed by atoms with van der Waals surface area (Å²) in [7, 11) is 1.63. The van der Waals surface area contributed by atoms with Crippen molar-refractivity contribution in [2.75, 3.05) is 5.73 Å². The highest BCUT2D eigenvalue weighted by molar-refractivity contribution is 6.09. The highest BCUT2D eigenvalue weighted by atomic mass is 19.4. The zero-order valence-corrected chi connectivity index (χ0v) is 19.9. The van der Waals surface area contributed by atoms with Gasteiger partial charge in [-0.2, -0.15) is 13.2 Å². The van der Waals surface area contributed by atoms with Crippen LogP contribution in [0.1, 0.15) is 40.1 Å². The van der Waals surface area contributed by atoms with Crippen LogP contribution in [0.15, 0.2) is 42.6 Å². The number of alkyl halides is 3. The fourth-order valence-corrected chi connectivity index (χ4v) is 4.48. The quantitative estimate of drug-likeness (QED) is 0.185. The summed E-state index contributed by atoms with van der Waals surface area (Å²) in [5, 5.41) is 0. The summed E-state index contributed by atoms with van der Waals surface area (Å²) in [5.74, 6) is -2.39. The smallest absolute Gasteiger partial charge is 0.394 e. The second kappa shape index (κ2) is 8.39. The number of hydrogen-bond acceptors (Lipinski definition) is 4. The topological polar surface area (TPSA) is 78.2 Å². The van der Waals surface area contributed by atoms with E-state index in [-0.39, 0.29) is 40.1 Å². The summed E-state index contributed by atoms with van der Waals surface area (Å²) in [6.07, 6.45) is -2.97. The van der Waals surface area contributed by atoms with Crippen LogP contribution >= 0.6 is 0 Å². The van der Waals surface area contributed by atoms with E-state index in [0.717, 1.165) is 18.2 Å². The number of aromatic nitrogens is 4. The number of rotatable bonds is 4. The van der Waals surface area contributed by atoms with Gasteiger partial charge in [0.2, 0.25) is 5.78 Å². The van der Waals surface area contributed by atoms with E-state index in [0.29, 0.717) is 16.9 Å². The van der Waals surface area contributed by atoms with Crippen molar-refractivity contribution < 1.29 is 26.7 Å². The van der Waals surface area contributed by atoms with Crippen LogP contribution in [0.25, 0.3) is 27.8 Å². The number of imidazole rings is 2. The minimum absolute atomic E-state index is 0.00811. The Hall–Kier alpha value is -4.28. The SMILES string of the molecule is CCc1nc2c(-c3cc4nc(C)n(C)c4cc3C(F)(F)F)cccn2c1C(=O)c1cc(F)c(N)c(F)c1. The molecule has 3 heterocycles. The monoisotopic (exact) mass is 513 g/mol. The molecule has 2 N–H and O–H groups in total. The molecule has 0 saturated carbocycles. The number of aryl methyl sites for hydroxylation is 3. The molecule has 37 heavy (non-hydrogen) atoms. The Kier molecular flexibility index (Phi) is 5.54. The number of benzene rings is 2. The summed E-state index contributed by atoms with van der Waals surface area (Å²) < 4.78 is 73.7. The molecule has 0 aliphatic rings. The Labute approximate surface area is 207 Å². The Bertz CT molecular complexity index is 1710. The van der Waals surface area contributed by atoms with Gasteiger partial charge < -0.3 is 10.3 Å².